The summed E-state index contributed by atoms with van der Waals surface area (Å²) < 4.78 is 19.2. The van der Waals surface area contributed by atoms with Crippen LogP contribution in [0, 0.1) is 24.1 Å². The molecule has 0 spiro atoms. The third-order valence-corrected chi connectivity index (χ3v) is 4.79. The zero-order valence-corrected chi connectivity index (χ0v) is 13.5. The van der Waals surface area contributed by atoms with E-state index in [9.17, 15) is 14.4 Å². The molecule has 2 heterocycles. The fourth-order valence-electron chi connectivity index (χ4n) is 2.69. The molecule has 118 valence electrons. The Kier molecular flexibility index (Phi) is 4.01. The number of rotatable bonds is 4. The fourth-order valence-corrected chi connectivity index (χ4v) is 3.46. The number of nitrogens with zero attached hydrogens (tertiary/aromatic N) is 3. The van der Waals surface area contributed by atoms with Crippen molar-refractivity contribution in [2.45, 2.75) is 19.4 Å². The van der Waals surface area contributed by atoms with Crippen molar-refractivity contribution in [2.75, 3.05) is 13.7 Å². The Morgan fingerprint density at radius 3 is 2.91 bits per heavy atom. The standard InChI is InChI=1S/C16H14FN3O2S/c1-9-8-23-14(19-9)3-4-20-13(7-18)11-5-10(22-2)6-12(17)15(11)16(20)21/h5-6,8,13H,3-4H2,1-2H3. The molecule has 5 nitrogen and oxygen atoms in total. The van der Waals surface area contributed by atoms with Crippen LogP contribution in [0.3, 0.4) is 0 Å². The van der Waals surface area contributed by atoms with Gasteiger partial charge in [-0.2, -0.15) is 5.26 Å². The largest absolute Gasteiger partial charge is 0.497 e. The number of aromatic nitrogens is 1. The lowest BCUT2D eigenvalue weighted by molar-refractivity contribution is 0.0756. The molecule has 0 fully saturated rings. The summed E-state index contributed by atoms with van der Waals surface area (Å²) in [5.74, 6) is -0.816. The maximum atomic E-state index is 14.2. The van der Waals surface area contributed by atoms with Gasteiger partial charge >= 0.3 is 0 Å². The summed E-state index contributed by atoms with van der Waals surface area (Å²) >= 11 is 1.51. The summed E-state index contributed by atoms with van der Waals surface area (Å²) in [7, 11) is 1.42. The van der Waals surface area contributed by atoms with E-state index in [4.69, 9.17) is 4.74 Å². The van der Waals surface area contributed by atoms with Crippen molar-refractivity contribution in [1.29, 1.82) is 5.26 Å². The van der Waals surface area contributed by atoms with Crippen molar-refractivity contribution < 1.29 is 13.9 Å². The SMILES string of the molecule is COc1cc(F)c2c(c1)C(C#N)N(CCc1nc(C)cs1)C2=O. The molecular weight excluding hydrogens is 317 g/mol. The van der Waals surface area contributed by atoms with Gasteiger partial charge in [0.2, 0.25) is 0 Å². The molecule has 3 rings (SSSR count). The zero-order chi connectivity index (χ0) is 16.6. The van der Waals surface area contributed by atoms with Gasteiger partial charge in [0.05, 0.1) is 23.8 Å². The van der Waals surface area contributed by atoms with E-state index in [2.05, 4.69) is 11.1 Å². The summed E-state index contributed by atoms with van der Waals surface area (Å²) in [4.78, 5) is 18.2. The second-order valence-electron chi connectivity index (χ2n) is 5.24. The van der Waals surface area contributed by atoms with Gasteiger partial charge in [-0.15, -0.1) is 11.3 Å². The molecule has 1 aromatic carbocycles. The Balaban J connectivity index is 1.89. The molecule has 2 aromatic rings. The molecule has 1 aromatic heterocycles. The van der Waals surface area contributed by atoms with Crippen LogP contribution in [0.5, 0.6) is 5.75 Å². The summed E-state index contributed by atoms with van der Waals surface area (Å²) in [6.07, 6.45) is 0.537. The van der Waals surface area contributed by atoms with E-state index in [-0.39, 0.29) is 5.56 Å². The predicted octanol–water partition coefficient (Wildman–Crippen LogP) is 2.86. The summed E-state index contributed by atoms with van der Waals surface area (Å²) in [5, 5.41) is 12.3. The second kappa shape index (κ2) is 5.97. The second-order valence-corrected chi connectivity index (χ2v) is 6.18. The number of hydrogen-bond acceptors (Lipinski definition) is 5. The van der Waals surface area contributed by atoms with Crippen LogP contribution in [0.15, 0.2) is 17.5 Å². The summed E-state index contributed by atoms with van der Waals surface area (Å²) in [6, 6.07) is 4.00. The fraction of sp³-hybridized carbons (Fsp3) is 0.312. The van der Waals surface area contributed by atoms with E-state index in [0.29, 0.717) is 24.3 Å². The Morgan fingerprint density at radius 1 is 1.52 bits per heavy atom. The van der Waals surface area contributed by atoms with Crippen LogP contribution in [0.1, 0.15) is 32.7 Å². The Bertz CT molecular complexity index is 812. The number of halogens is 1. The van der Waals surface area contributed by atoms with Crippen molar-refractivity contribution in [3.8, 4) is 11.8 Å². The quantitative estimate of drug-likeness (QED) is 0.864. The highest BCUT2D eigenvalue weighted by Gasteiger charge is 2.39. The van der Waals surface area contributed by atoms with Crippen LogP contribution in [-0.2, 0) is 6.42 Å². The molecule has 0 N–H and O–H groups in total. The first kappa shape index (κ1) is 15.4. The molecule has 1 unspecified atom stereocenters. The van der Waals surface area contributed by atoms with Crippen molar-refractivity contribution in [2.24, 2.45) is 0 Å². The summed E-state index contributed by atoms with van der Waals surface area (Å²) in [5.41, 5.74) is 1.26. The van der Waals surface area contributed by atoms with Crippen LogP contribution in [0.2, 0.25) is 0 Å². The average molecular weight is 331 g/mol. The van der Waals surface area contributed by atoms with Gasteiger partial charge in [0.25, 0.3) is 5.91 Å². The van der Waals surface area contributed by atoms with E-state index < -0.39 is 17.8 Å². The number of carbonyl (C=O) groups is 1. The average Bonchev–Trinajstić information content (AvgIpc) is 3.06. The molecule has 0 saturated carbocycles. The lowest BCUT2D eigenvalue weighted by atomic mass is 10.0. The third kappa shape index (κ3) is 2.66. The molecular formula is C16H14FN3O2S. The van der Waals surface area contributed by atoms with Crippen LogP contribution < -0.4 is 4.74 Å². The van der Waals surface area contributed by atoms with E-state index >= 15 is 0 Å². The lowest BCUT2D eigenvalue weighted by Crippen LogP contribution is -2.29. The van der Waals surface area contributed by atoms with Gasteiger partial charge in [-0.25, -0.2) is 9.37 Å². The third-order valence-electron chi connectivity index (χ3n) is 3.77. The molecule has 0 bridgehead atoms. The monoisotopic (exact) mass is 331 g/mol. The van der Waals surface area contributed by atoms with Crippen molar-refractivity contribution in [1.82, 2.24) is 9.88 Å². The van der Waals surface area contributed by atoms with Gasteiger partial charge < -0.3 is 9.64 Å². The van der Waals surface area contributed by atoms with Crippen molar-refractivity contribution >= 4 is 17.2 Å². The Morgan fingerprint density at radius 2 is 2.30 bits per heavy atom. The zero-order valence-electron chi connectivity index (χ0n) is 12.7. The lowest BCUT2D eigenvalue weighted by Gasteiger charge is -2.19. The first-order valence-electron chi connectivity index (χ1n) is 7.04. The van der Waals surface area contributed by atoms with E-state index in [1.54, 1.807) is 6.07 Å². The van der Waals surface area contributed by atoms with Crippen molar-refractivity contribution in [3.05, 3.63) is 45.2 Å². The Hall–Kier alpha value is -2.46. The normalized spacial score (nSPS) is 16.3. The molecule has 1 aliphatic rings. The molecule has 1 aliphatic heterocycles. The molecule has 1 atom stereocenters. The van der Waals surface area contributed by atoms with Gasteiger partial charge in [0.15, 0.2) is 0 Å². The van der Waals surface area contributed by atoms with Crippen molar-refractivity contribution in [3.63, 3.8) is 0 Å². The van der Waals surface area contributed by atoms with Gasteiger partial charge in [0.1, 0.15) is 17.6 Å². The number of benzene rings is 1. The van der Waals surface area contributed by atoms with Gasteiger partial charge in [-0.3, -0.25) is 4.79 Å². The number of fused-ring (bicyclic) bond motifs is 1. The highest BCUT2D eigenvalue weighted by atomic mass is 32.1. The molecule has 1 amide bonds. The minimum Gasteiger partial charge on any atom is -0.497 e. The minimum absolute atomic E-state index is 0.0346. The number of carbonyl (C=O) groups excluding carboxylic acids is 1. The molecule has 0 saturated heterocycles. The maximum Gasteiger partial charge on any atom is 0.258 e. The van der Waals surface area contributed by atoms with Crippen LogP contribution in [-0.4, -0.2) is 29.4 Å². The van der Waals surface area contributed by atoms with E-state index in [0.717, 1.165) is 10.7 Å². The number of amides is 1. The van der Waals surface area contributed by atoms with Gasteiger partial charge in [-0.1, -0.05) is 0 Å². The number of aryl methyl sites for hydroxylation is 1. The van der Waals surface area contributed by atoms with E-state index in [1.165, 1.54) is 29.4 Å². The van der Waals surface area contributed by atoms with E-state index in [1.807, 2.05) is 12.3 Å². The van der Waals surface area contributed by atoms with Gasteiger partial charge in [-0.05, 0) is 13.0 Å². The number of methoxy groups -OCH3 is 1. The Labute approximate surface area is 136 Å². The first-order valence-corrected chi connectivity index (χ1v) is 7.92. The first-order chi connectivity index (χ1) is 11.0. The van der Waals surface area contributed by atoms with Crippen LogP contribution in [0.4, 0.5) is 4.39 Å². The molecule has 0 aliphatic carbocycles. The number of thiazole rings is 1. The highest BCUT2D eigenvalue weighted by molar-refractivity contribution is 7.09. The van der Waals surface area contributed by atoms with Crippen LogP contribution in [0.25, 0.3) is 0 Å². The number of nitriles is 1. The van der Waals surface area contributed by atoms with Gasteiger partial charge in [0, 0.05) is 35.7 Å². The minimum atomic E-state index is -0.803. The molecule has 23 heavy (non-hydrogen) atoms. The smallest absolute Gasteiger partial charge is 0.258 e. The number of hydrogen-bond donors (Lipinski definition) is 0. The highest BCUT2D eigenvalue weighted by Crippen LogP contribution is 2.37. The number of ether oxygens (including phenoxy) is 1. The predicted molar refractivity (Wildman–Crippen MR) is 82.9 cm³/mol. The molecule has 0 radical (unpaired) electrons. The summed E-state index contributed by atoms with van der Waals surface area (Å²) in [6.45, 7) is 2.22. The maximum absolute atomic E-state index is 14.2. The van der Waals surface area contributed by atoms with Crippen LogP contribution >= 0.6 is 11.3 Å². The molecule has 7 heteroatoms. The topological polar surface area (TPSA) is 66.2 Å².